The fourth-order valence-corrected chi connectivity index (χ4v) is 3.49. The average molecular weight is 480 g/mol. The molecule has 0 fully saturated rings. The lowest BCUT2D eigenvalue weighted by Crippen LogP contribution is -2.20. The van der Waals surface area contributed by atoms with Gasteiger partial charge in [-0.05, 0) is 54.4 Å². The summed E-state index contributed by atoms with van der Waals surface area (Å²) in [4.78, 5) is 12.3. The van der Waals surface area contributed by atoms with Crippen molar-refractivity contribution >= 4 is 52.1 Å². The molecular weight excluding hydrogens is 459 g/mol. The number of aryl methyl sites for hydroxylation is 1. The maximum atomic E-state index is 12.3. The first kappa shape index (κ1) is 23.1. The van der Waals surface area contributed by atoms with Crippen molar-refractivity contribution < 1.29 is 14.3 Å². The zero-order chi connectivity index (χ0) is 22.4. The van der Waals surface area contributed by atoms with Crippen molar-refractivity contribution in [1.82, 2.24) is 0 Å². The third kappa shape index (κ3) is 6.20. The number of halogens is 3. The molecule has 0 unspecified atom stereocenters. The van der Waals surface area contributed by atoms with Crippen molar-refractivity contribution in [3.63, 3.8) is 0 Å². The number of nitrogens with one attached hydrogen (secondary N) is 2. The molecule has 2 N–H and O–H groups in total. The van der Waals surface area contributed by atoms with E-state index in [1.807, 2.05) is 37.3 Å². The number of hydrogen-bond donors (Lipinski definition) is 2. The second-order valence-corrected chi connectivity index (χ2v) is 7.96. The monoisotopic (exact) mass is 478 g/mol. The second kappa shape index (κ2) is 10.6. The number of carbonyl (C=O) groups excluding carboxylic acids is 1. The molecule has 3 aromatic carbocycles. The molecule has 0 radical (unpaired) electrons. The summed E-state index contributed by atoms with van der Waals surface area (Å²) in [7, 11) is 1.51. The number of benzene rings is 3. The van der Waals surface area contributed by atoms with E-state index in [0.29, 0.717) is 38.8 Å². The normalized spacial score (nSPS) is 10.5. The SMILES string of the molecule is COc1cc(CNc2ccccc2Cl)cc(Cl)c1OCC(=O)Nc1ccc(C)c(Cl)c1. The van der Waals surface area contributed by atoms with Gasteiger partial charge in [0, 0.05) is 17.3 Å². The molecular formula is C23H21Cl3N2O3. The fraction of sp³-hybridized carbons (Fsp3) is 0.174. The summed E-state index contributed by atoms with van der Waals surface area (Å²) in [6.45, 7) is 2.13. The number of para-hydroxylation sites is 1. The van der Waals surface area contributed by atoms with Gasteiger partial charge in [-0.2, -0.15) is 0 Å². The van der Waals surface area contributed by atoms with E-state index in [2.05, 4.69) is 10.6 Å². The minimum absolute atomic E-state index is 0.237. The van der Waals surface area contributed by atoms with Crippen LogP contribution in [0, 0.1) is 6.92 Å². The van der Waals surface area contributed by atoms with Crippen molar-refractivity contribution in [3.8, 4) is 11.5 Å². The van der Waals surface area contributed by atoms with Gasteiger partial charge in [-0.15, -0.1) is 0 Å². The smallest absolute Gasteiger partial charge is 0.262 e. The molecule has 0 saturated heterocycles. The second-order valence-electron chi connectivity index (χ2n) is 6.74. The summed E-state index contributed by atoms with van der Waals surface area (Å²) in [5, 5.41) is 7.52. The topological polar surface area (TPSA) is 59.6 Å². The average Bonchev–Trinajstić information content (AvgIpc) is 2.74. The predicted octanol–water partition coefficient (Wildman–Crippen LogP) is 6.59. The van der Waals surface area contributed by atoms with Crippen molar-refractivity contribution in [2.24, 2.45) is 0 Å². The van der Waals surface area contributed by atoms with E-state index in [9.17, 15) is 4.79 Å². The highest BCUT2D eigenvalue weighted by atomic mass is 35.5. The molecule has 1 amide bonds. The Bertz CT molecular complexity index is 1090. The molecule has 0 saturated carbocycles. The Hall–Kier alpha value is -2.60. The first-order chi connectivity index (χ1) is 14.9. The van der Waals surface area contributed by atoms with Gasteiger partial charge in [0.1, 0.15) is 0 Å². The first-order valence-electron chi connectivity index (χ1n) is 9.41. The number of rotatable bonds is 8. The predicted molar refractivity (Wildman–Crippen MR) is 127 cm³/mol. The van der Waals surface area contributed by atoms with E-state index in [1.54, 1.807) is 24.3 Å². The molecule has 0 aromatic heterocycles. The lowest BCUT2D eigenvalue weighted by molar-refractivity contribution is -0.118. The Morgan fingerprint density at radius 1 is 0.968 bits per heavy atom. The van der Waals surface area contributed by atoms with E-state index < -0.39 is 0 Å². The van der Waals surface area contributed by atoms with Crippen LogP contribution in [0.4, 0.5) is 11.4 Å². The van der Waals surface area contributed by atoms with Gasteiger partial charge in [-0.1, -0.05) is 53.0 Å². The molecule has 8 heteroatoms. The molecule has 0 aliphatic rings. The van der Waals surface area contributed by atoms with Crippen LogP contribution in [0.1, 0.15) is 11.1 Å². The van der Waals surface area contributed by atoms with Crippen LogP contribution < -0.4 is 20.1 Å². The Morgan fingerprint density at radius 3 is 2.45 bits per heavy atom. The number of methoxy groups -OCH3 is 1. The lowest BCUT2D eigenvalue weighted by Gasteiger charge is -2.15. The summed E-state index contributed by atoms with van der Waals surface area (Å²) < 4.78 is 11.0. The van der Waals surface area contributed by atoms with E-state index in [1.165, 1.54) is 7.11 Å². The quantitative estimate of drug-likeness (QED) is 0.382. The van der Waals surface area contributed by atoms with Gasteiger partial charge in [0.25, 0.3) is 5.91 Å². The Balaban J connectivity index is 1.64. The minimum Gasteiger partial charge on any atom is -0.493 e. The lowest BCUT2D eigenvalue weighted by atomic mass is 10.2. The van der Waals surface area contributed by atoms with Gasteiger partial charge in [0.05, 0.1) is 22.8 Å². The Kier molecular flexibility index (Phi) is 7.91. The van der Waals surface area contributed by atoms with Crippen LogP contribution in [0.2, 0.25) is 15.1 Å². The molecule has 162 valence electrons. The van der Waals surface area contributed by atoms with Crippen LogP contribution >= 0.6 is 34.8 Å². The van der Waals surface area contributed by atoms with Crippen molar-refractivity contribution in [2.45, 2.75) is 13.5 Å². The number of amides is 1. The standard InChI is InChI=1S/C23H21Cl3N2O3/c1-14-7-8-16(11-18(14)25)28-22(29)13-31-23-19(26)9-15(10-21(23)30-2)12-27-20-6-4-3-5-17(20)24/h3-11,27H,12-13H2,1-2H3,(H,28,29). The molecule has 0 aliphatic carbocycles. The van der Waals surface area contributed by atoms with Gasteiger partial charge < -0.3 is 20.1 Å². The zero-order valence-corrected chi connectivity index (χ0v) is 19.2. The molecule has 0 aliphatic heterocycles. The molecule has 3 aromatic rings. The van der Waals surface area contributed by atoms with E-state index in [-0.39, 0.29) is 12.5 Å². The van der Waals surface area contributed by atoms with Crippen molar-refractivity contribution in [2.75, 3.05) is 24.4 Å². The number of anilines is 2. The summed E-state index contributed by atoms with van der Waals surface area (Å²) in [6.07, 6.45) is 0. The maximum Gasteiger partial charge on any atom is 0.262 e. The highest BCUT2D eigenvalue weighted by Crippen LogP contribution is 2.37. The molecule has 0 spiro atoms. The summed E-state index contributed by atoms with van der Waals surface area (Å²) in [5.41, 5.74) is 3.19. The van der Waals surface area contributed by atoms with Crippen LogP contribution in [0.3, 0.4) is 0 Å². The zero-order valence-electron chi connectivity index (χ0n) is 17.0. The first-order valence-corrected chi connectivity index (χ1v) is 10.5. The Labute approximate surface area is 196 Å². The van der Waals surface area contributed by atoms with Gasteiger partial charge in [0.15, 0.2) is 18.1 Å². The van der Waals surface area contributed by atoms with Crippen molar-refractivity contribution in [3.05, 3.63) is 80.8 Å². The Morgan fingerprint density at radius 2 is 1.74 bits per heavy atom. The van der Waals surface area contributed by atoms with E-state index >= 15 is 0 Å². The largest absolute Gasteiger partial charge is 0.493 e. The highest BCUT2D eigenvalue weighted by molar-refractivity contribution is 6.33. The van der Waals surface area contributed by atoms with Gasteiger partial charge in [-0.3, -0.25) is 4.79 Å². The molecule has 5 nitrogen and oxygen atoms in total. The van der Waals surface area contributed by atoms with Crippen LogP contribution in [0.15, 0.2) is 54.6 Å². The van der Waals surface area contributed by atoms with Crippen molar-refractivity contribution in [1.29, 1.82) is 0 Å². The number of carbonyl (C=O) groups is 1. The number of hydrogen-bond acceptors (Lipinski definition) is 4. The summed E-state index contributed by atoms with van der Waals surface area (Å²) >= 11 is 18.7. The molecule has 3 rings (SSSR count). The number of ether oxygens (including phenoxy) is 2. The minimum atomic E-state index is -0.345. The highest BCUT2D eigenvalue weighted by Gasteiger charge is 2.14. The van der Waals surface area contributed by atoms with Crippen LogP contribution in [-0.2, 0) is 11.3 Å². The molecule has 0 heterocycles. The van der Waals surface area contributed by atoms with Crippen LogP contribution in [0.25, 0.3) is 0 Å². The summed E-state index contributed by atoms with van der Waals surface area (Å²) in [6, 6.07) is 16.3. The van der Waals surface area contributed by atoms with Gasteiger partial charge >= 0.3 is 0 Å². The van der Waals surface area contributed by atoms with Crippen LogP contribution in [0.5, 0.6) is 11.5 Å². The third-order valence-electron chi connectivity index (χ3n) is 4.45. The van der Waals surface area contributed by atoms with E-state index in [0.717, 1.165) is 16.8 Å². The van der Waals surface area contributed by atoms with E-state index in [4.69, 9.17) is 44.3 Å². The van der Waals surface area contributed by atoms with Gasteiger partial charge in [-0.25, -0.2) is 0 Å². The molecule has 0 bridgehead atoms. The third-order valence-corrected chi connectivity index (χ3v) is 5.47. The molecule has 31 heavy (non-hydrogen) atoms. The fourth-order valence-electron chi connectivity index (χ4n) is 2.82. The van der Waals surface area contributed by atoms with Gasteiger partial charge in [0.2, 0.25) is 0 Å². The molecule has 0 atom stereocenters. The maximum absolute atomic E-state index is 12.3. The summed E-state index contributed by atoms with van der Waals surface area (Å²) in [5.74, 6) is 0.375. The van der Waals surface area contributed by atoms with Crippen LogP contribution in [-0.4, -0.2) is 19.6 Å².